The average molecular weight is 602 g/mol. The van der Waals surface area contributed by atoms with Crippen LogP contribution in [0, 0.1) is 5.92 Å². The van der Waals surface area contributed by atoms with Crippen LogP contribution in [-0.2, 0) is 15.1 Å². The lowest BCUT2D eigenvalue weighted by atomic mass is 9.82. The zero-order valence-electron chi connectivity index (χ0n) is 26.0. The van der Waals surface area contributed by atoms with Crippen LogP contribution in [0.4, 0.5) is 5.69 Å². The minimum atomic E-state index is -2.82. The smallest absolute Gasteiger partial charge is 0.279 e. The molecule has 3 heterocycles. The number of anilines is 1. The standard InChI is InChI=1S/C34H43N3O5Si/c1-22(2)10-9-11-23(3)16-18-36-29-15-14-26(37-32(39)27-13-8-7-12-25(27)21-35-37)20-28(29)34(33(36)40)24(4)31(43(5,6)41)30(42-34)17-19-38/h7-8,10,12-16,20-21,24,30-31,38,41H,9,11,17-19H2,1-6H3/b23-16+/t24-,30+,31-,34+/m0/s1. The number of allylic oxidation sites excluding steroid dienone is 3. The van der Waals surface area contributed by atoms with Crippen molar-refractivity contribution in [1.29, 1.82) is 0 Å². The van der Waals surface area contributed by atoms with Crippen molar-refractivity contribution < 1.29 is 19.4 Å². The molecule has 43 heavy (non-hydrogen) atoms. The maximum atomic E-state index is 14.6. The normalized spacial score (nSPS) is 23.8. The van der Waals surface area contributed by atoms with Gasteiger partial charge in [-0.05, 0) is 77.4 Å². The van der Waals surface area contributed by atoms with E-state index in [1.54, 1.807) is 17.2 Å². The molecule has 0 unspecified atom stereocenters. The topological polar surface area (TPSA) is 105 Å². The van der Waals surface area contributed by atoms with Gasteiger partial charge < -0.3 is 19.5 Å². The van der Waals surface area contributed by atoms with E-state index in [0.29, 0.717) is 29.6 Å². The molecule has 1 saturated heterocycles. The molecule has 2 aliphatic rings. The van der Waals surface area contributed by atoms with Crippen LogP contribution >= 0.6 is 0 Å². The van der Waals surface area contributed by atoms with Crippen molar-refractivity contribution in [2.24, 2.45) is 5.92 Å². The molecule has 1 aromatic heterocycles. The van der Waals surface area contributed by atoms with Crippen LogP contribution in [0.5, 0.6) is 0 Å². The van der Waals surface area contributed by atoms with Gasteiger partial charge in [0.05, 0.1) is 29.1 Å². The van der Waals surface area contributed by atoms with E-state index in [4.69, 9.17) is 4.74 Å². The lowest BCUT2D eigenvalue weighted by molar-refractivity contribution is -0.146. The molecule has 4 atom stereocenters. The van der Waals surface area contributed by atoms with Crippen molar-refractivity contribution in [2.45, 2.75) is 77.3 Å². The molecule has 0 radical (unpaired) electrons. The van der Waals surface area contributed by atoms with Gasteiger partial charge in [0, 0.05) is 35.6 Å². The molecule has 5 rings (SSSR count). The highest BCUT2D eigenvalue weighted by Crippen LogP contribution is 2.59. The Hall–Kier alpha value is -3.37. The summed E-state index contributed by atoms with van der Waals surface area (Å²) in [7, 11) is -2.82. The molecule has 0 aliphatic carbocycles. The molecule has 1 spiro atoms. The first-order valence-corrected chi connectivity index (χ1v) is 18.2. The zero-order valence-corrected chi connectivity index (χ0v) is 27.0. The number of aliphatic hydroxyl groups excluding tert-OH is 1. The Morgan fingerprint density at radius 1 is 1.12 bits per heavy atom. The lowest BCUT2D eigenvalue weighted by Crippen LogP contribution is -2.46. The molecule has 0 saturated carbocycles. The number of aliphatic hydroxyl groups is 1. The Labute approximate surface area is 254 Å². The van der Waals surface area contributed by atoms with E-state index < -0.39 is 20.0 Å². The number of ether oxygens (including phenoxy) is 1. The summed E-state index contributed by atoms with van der Waals surface area (Å²) in [6, 6.07) is 12.9. The first kappa shape index (κ1) is 31.1. The molecule has 1 amide bonds. The number of carbonyl (C=O) groups is 1. The van der Waals surface area contributed by atoms with E-state index in [0.717, 1.165) is 23.9 Å². The molecule has 2 aliphatic heterocycles. The van der Waals surface area contributed by atoms with Crippen LogP contribution in [0.25, 0.3) is 16.5 Å². The van der Waals surface area contributed by atoms with E-state index in [1.165, 1.54) is 15.8 Å². The quantitative estimate of drug-likeness (QED) is 0.244. The minimum Gasteiger partial charge on any atom is -0.432 e. The van der Waals surface area contributed by atoms with Crippen molar-refractivity contribution in [3.8, 4) is 5.69 Å². The van der Waals surface area contributed by atoms with Gasteiger partial charge in [0.15, 0.2) is 13.9 Å². The highest BCUT2D eigenvalue weighted by Gasteiger charge is 2.66. The summed E-state index contributed by atoms with van der Waals surface area (Å²) < 4.78 is 8.11. The summed E-state index contributed by atoms with van der Waals surface area (Å²) in [5, 5.41) is 15.7. The zero-order chi connectivity index (χ0) is 31.1. The molecule has 1 fully saturated rings. The number of aromatic nitrogens is 2. The van der Waals surface area contributed by atoms with E-state index >= 15 is 0 Å². The number of rotatable bonds is 9. The van der Waals surface area contributed by atoms with E-state index in [-0.39, 0.29) is 29.5 Å². The first-order valence-electron chi connectivity index (χ1n) is 15.1. The summed E-state index contributed by atoms with van der Waals surface area (Å²) >= 11 is 0. The van der Waals surface area contributed by atoms with Crippen LogP contribution in [0.3, 0.4) is 0 Å². The Morgan fingerprint density at radius 3 is 2.56 bits per heavy atom. The third kappa shape index (κ3) is 5.55. The lowest BCUT2D eigenvalue weighted by Gasteiger charge is -2.32. The fraction of sp³-hybridized carbons (Fsp3) is 0.441. The second-order valence-corrected chi connectivity index (χ2v) is 16.8. The Morgan fingerprint density at radius 2 is 1.86 bits per heavy atom. The SMILES string of the molecule is CC(C)=CCC/C(C)=C/CN1C(=O)[C@]2(O[C@H](CCO)[C@@H]([Si](C)(C)O)[C@@H]2C)c2cc(-n3ncc4ccccc4c3=O)ccc21. The van der Waals surface area contributed by atoms with Gasteiger partial charge in [-0.3, -0.25) is 9.59 Å². The predicted molar refractivity (Wildman–Crippen MR) is 173 cm³/mol. The summed E-state index contributed by atoms with van der Waals surface area (Å²) in [6.07, 6.45) is 7.66. The van der Waals surface area contributed by atoms with Gasteiger partial charge in [0.2, 0.25) is 0 Å². The average Bonchev–Trinajstić information content (AvgIpc) is 3.38. The molecule has 228 valence electrons. The van der Waals surface area contributed by atoms with Gasteiger partial charge >= 0.3 is 0 Å². The van der Waals surface area contributed by atoms with Crippen LogP contribution in [0.15, 0.2) is 76.8 Å². The third-order valence-corrected chi connectivity index (χ3v) is 11.5. The number of carbonyl (C=O) groups excluding carboxylic acids is 1. The fourth-order valence-corrected chi connectivity index (χ4v) is 9.59. The summed E-state index contributed by atoms with van der Waals surface area (Å²) in [5.41, 5.74) is 2.53. The molecule has 3 aromatic rings. The van der Waals surface area contributed by atoms with Gasteiger partial charge in [-0.1, -0.05) is 48.4 Å². The van der Waals surface area contributed by atoms with E-state index in [1.807, 2.05) is 56.4 Å². The third-order valence-electron chi connectivity index (χ3n) is 9.04. The summed E-state index contributed by atoms with van der Waals surface area (Å²) in [6.45, 7) is 12.2. The van der Waals surface area contributed by atoms with Crippen molar-refractivity contribution in [1.82, 2.24) is 9.78 Å². The maximum absolute atomic E-state index is 14.6. The van der Waals surface area contributed by atoms with Gasteiger partial charge in [0.1, 0.15) is 0 Å². The van der Waals surface area contributed by atoms with Crippen LogP contribution in [0.2, 0.25) is 18.6 Å². The number of nitrogens with zero attached hydrogens (tertiary/aromatic N) is 3. The molecular weight excluding hydrogens is 558 g/mol. The minimum absolute atomic E-state index is 0.108. The van der Waals surface area contributed by atoms with Gasteiger partial charge in [0.25, 0.3) is 11.5 Å². The monoisotopic (exact) mass is 601 g/mol. The molecule has 0 bridgehead atoms. The number of benzene rings is 2. The second-order valence-electron chi connectivity index (χ2n) is 12.8. The van der Waals surface area contributed by atoms with Gasteiger partial charge in [-0.15, -0.1) is 0 Å². The van der Waals surface area contributed by atoms with Gasteiger partial charge in [-0.2, -0.15) is 9.78 Å². The number of fused-ring (bicyclic) bond motifs is 3. The Bertz CT molecular complexity index is 1650. The van der Waals surface area contributed by atoms with E-state index in [9.17, 15) is 19.5 Å². The Kier molecular flexibility index (Phi) is 8.64. The van der Waals surface area contributed by atoms with Crippen LogP contribution in [0.1, 0.15) is 52.5 Å². The van der Waals surface area contributed by atoms with Crippen molar-refractivity contribution in [3.63, 3.8) is 0 Å². The number of hydrogen-bond acceptors (Lipinski definition) is 6. The predicted octanol–water partition coefficient (Wildman–Crippen LogP) is 5.61. The Balaban J connectivity index is 1.63. The molecular formula is C34H43N3O5Si. The molecule has 8 nitrogen and oxygen atoms in total. The highest BCUT2D eigenvalue weighted by atomic mass is 28.4. The second kappa shape index (κ2) is 12.0. The first-order chi connectivity index (χ1) is 20.4. The molecule has 9 heteroatoms. The molecule has 2 N–H and O–H groups in total. The van der Waals surface area contributed by atoms with Crippen molar-refractivity contribution in [2.75, 3.05) is 18.1 Å². The maximum Gasteiger partial charge on any atom is 0.279 e. The summed E-state index contributed by atoms with van der Waals surface area (Å²) in [4.78, 5) is 41.2. The molecule has 2 aromatic carbocycles. The van der Waals surface area contributed by atoms with Crippen LogP contribution in [-0.4, -0.2) is 53.2 Å². The largest absolute Gasteiger partial charge is 0.432 e. The van der Waals surface area contributed by atoms with E-state index in [2.05, 4.69) is 38.0 Å². The van der Waals surface area contributed by atoms with Crippen molar-refractivity contribution in [3.05, 3.63) is 87.9 Å². The highest BCUT2D eigenvalue weighted by molar-refractivity contribution is 6.71. The fourth-order valence-electron chi connectivity index (χ4n) is 6.99. The number of amides is 1. The number of hydrogen-bond donors (Lipinski definition) is 2. The summed E-state index contributed by atoms with van der Waals surface area (Å²) in [5.74, 6) is -0.533. The van der Waals surface area contributed by atoms with Crippen molar-refractivity contribution >= 4 is 30.7 Å². The van der Waals surface area contributed by atoms with Gasteiger partial charge in [-0.25, -0.2) is 0 Å². The van der Waals surface area contributed by atoms with Crippen LogP contribution < -0.4 is 10.5 Å².